The summed E-state index contributed by atoms with van der Waals surface area (Å²) in [6.45, 7) is 6.27. The summed E-state index contributed by atoms with van der Waals surface area (Å²) in [5.41, 5.74) is -0.835. The molecule has 154 valence electrons. The third-order valence-electron chi connectivity index (χ3n) is 5.66. The van der Waals surface area contributed by atoms with Gasteiger partial charge in [0.05, 0.1) is 5.60 Å². The van der Waals surface area contributed by atoms with Crippen molar-refractivity contribution in [2.75, 3.05) is 6.61 Å². The minimum Gasteiger partial charge on any atom is -0.396 e. The monoisotopic (exact) mass is 376 g/mol. The molecule has 0 fully saturated rings. The first-order valence-electron chi connectivity index (χ1n) is 10.9. The third kappa shape index (κ3) is 9.53. The Bertz CT molecular complexity index is 480. The predicted octanol–water partition coefficient (Wildman–Crippen LogP) is 5.52. The highest BCUT2D eigenvalue weighted by molar-refractivity contribution is 5.94. The number of allylic oxidation sites excluding steroid dienone is 3. The fourth-order valence-electron chi connectivity index (χ4n) is 3.77. The van der Waals surface area contributed by atoms with Gasteiger partial charge in [0.1, 0.15) is 0 Å². The number of aliphatic hydroxyl groups is 2. The molecule has 0 heterocycles. The van der Waals surface area contributed by atoms with E-state index < -0.39 is 5.60 Å². The third-order valence-corrected chi connectivity index (χ3v) is 5.66. The maximum Gasteiger partial charge on any atom is 0.159 e. The van der Waals surface area contributed by atoms with Gasteiger partial charge >= 0.3 is 0 Å². The van der Waals surface area contributed by atoms with Crippen LogP contribution >= 0.6 is 0 Å². The molecule has 0 radical (unpaired) electrons. The van der Waals surface area contributed by atoms with Crippen molar-refractivity contribution in [1.82, 2.24) is 0 Å². The van der Waals surface area contributed by atoms with E-state index in [9.17, 15) is 9.90 Å². The molecular weight excluding hydrogens is 336 g/mol. The van der Waals surface area contributed by atoms with Crippen molar-refractivity contribution in [1.29, 1.82) is 0 Å². The van der Waals surface area contributed by atoms with Gasteiger partial charge in [-0.2, -0.15) is 0 Å². The molecule has 1 aliphatic rings. The Labute approximate surface area is 166 Å². The van der Waals surface area contributed by atoms with E-state index in [4.69, 9.17) is 5.11 Å². The van der Waals surface area contributed by atoms with Crippen LogP contribution in [-0.4, -0.2) is 28.2 Å². The Morgan fingerprint density at radius 1 is 1.11 bits per heavy atom. The van der Waals surface area contributed by atoms with Crippen molar-refractivity contribution >= 4 is 5.78 Å². The number of carbonyl (C=O) groups is 1. The summed E-state index contributed by atoms with van der Waals surface area (Å²) in [6, 6.07) is 0. The molecule has 2 N–H and O–H groups in total. The molecular formula is C24H40O3. The van der Waals surface area contributed by atoms with Crippen LogP contribution in [0, 0.1) is 11.8 Å². The zero-order chi connectivity index (χ0) is 20.0. The van der Waals surface area contributed by atoms with Crippen LogP contribution in [0.3, 0.4) is 0 Å². The molecule has 3 atom stereocenters. The summed E-state index contributed by atoms with van der Waals surface area (Å²) in [7, 11) is 0. The van der Waals surface area contributed by atoms with Crippen LogP contribution in [0.25, 0.3) is 0 Å². The number of ketones is 1. The number of rotatable bonds is 16. The molecule has 0 amide bonds. The van der Waals surface area contributed by atoms with Gasteiger partial charge in [-0.15, -0.1) is 6.58 Å². The molecule has 3 heteroatoms. The van der Waals surface area contributed by atoms with Gasteiger partial charge in [-0.25, -0.2) is 0 Å². The van der Waals surface area contributed by atoms with Gasteiger partial charge < -0.3 is 10.2 Å². The summed E-state index contributed by atoms with van der Waals surface area (Å²) in [5, 5.41) is 19.5. The van der Waals surface area contributed by atoms with Crippen molar-refractivity contribution in [2.24, 2.45) is 11.8 Å². The topological polar surface area (TPSA) is 57.5 Å². The molecule has 0 saturated carbocycles. The fourth-order valence-corrected chi connectivity index (χ4v) is 3.77. The minimum absolute atomic E-state index is 0.0560. The van der Waals surface area contributed by atoms with Crippen LogP contribution in [-0.2, 0) is 4.79 Å². The second kappa shape index (κ2) is 13.9. The van der Waals surface area contributed by atoms with E-state index in [1.807, 2.05) is 12.2 Å². The molecule has 27 heavy (non-hydrogen) atoms. The zero-order valence-corrected chi connectivity index (χ0v) is 17.2. The van der Waals surface area contributed by atoms with Crippen molar-refractivity contribution in [3.63, 3.8) is 0 Å². The van der Waals surface area contributed by atoms with Crippen molar-refractivity contribution in [3.05, 3.63) is 37.0 Å². The normalized spacial score (nSPS) is 21.8. The van der Waals surface area contributed by atoms with E-state index in [2.05, 4.69) is 19.6 Å². The van der Waals surface area contributed by atoms with E-state index in [1.54, 1.807) is 12.2 Å². The average Bonchev–Trinajstić information content (AvgIpc) is 3.01. The lowest BCUT2D eigenvalue weighted by molar-refractivity contribution is -0.118. The standard InChI is InChI=1S/C24H40O3/c1-3-5-6-11-18-24(27,4-2)19-13-14-21-16-17-23(26)22(21)15-10-8-7-9-12-20-25/h4,13-14,16-17,21-22,25,27H,2-3,5-12,15,18-20H2,1H3/t21-,22+,24?/m0/s1. The summed E-state index contributed by atoms with van der Waals surface area (Å²) in [5.74, 6) is 0.447. The fraction of sp³-hybridized carbons (Fsp3) is 0.708. The SMILES string of the molecule is C=CC(O)(CC=C[C@H]1C=CC(=O)[C@@H]1CCCCCCCO)CCCCCC. The summed E-state index contributed by atoms with van der Waals surface area (Å²) < 4.78 is 0. The van der Waals surface area contributed by atoms with Gasteiger partial charge in [0.15, 0.2) is 5.78 Å². The van der Waals surface area contributed by atoms with Gasteiger partial charge in [-0.1, -0.05) is 82.6 Å². The average molecular weight is 377 g/mol. The van der Waals surface area contributed by atoms with Crippen LogP contribution in [0.2, 0.25) is 0 Å². The Morgan fingerprint density at radius 2 is 1.81 bits per heavy atom. The van der Waals surface area contributed by atoms with E-state index >= 15 is 0 Å². The smallest absolute Gasteiger partial charge is 0.159 e. The number of carbonyl (C=O) groups excluding carboxylic acids is 1. The molecule has 1 rings (SSSR count). The molecule has 0 spiro atoms. The Balaban J connectivity index is 2.41. The van der Waals surface area contributed by atoms with Crippen LogP contribution in [0.5, 0.6) is 0 Å². The summed E-state index contributed by atoms with van der Waals surface area (Å²) in [4.78, 5) is 12.2. The lowest BCUT2D eigenvalue weighted by Crippen LogP contribution is -2.24. The maximum absolute atomic E-state index is 12.2. The molecule has 0 aliphatic heterocycles. The first-order chi connectivity index (χ1) is 13.1. The summed E-state index contributed by atoms with van der Waals surface area (Å²) in [6.07, 6.45) is 21.6. The van der Waals surface area contributed by atoms with Crippen LogP contribution in [0.1, 0.15) is 84.0 Å². The highest BCUT2D eigenvalue weighted by Gasteiger charge is 2.28. The van der Waals surface area contributed by atoms with E-state index in [1.165, 1.54) is 12.8 Å². The molecule has 1 unspecified atom stereocenters. The first-order valence-corrected chi connectivity index (χ1v) is 10.9. The van der Waals surface area contributed by atoms with Gasteiger partial charge in [-0.05, 0) is 31.8 Å². The molecule has 0 aromatic carbocycles. The van der Waals surface area contributed by atoms with Crippen molar-refractivity contribution in [3.8, 4) is 0 Å². The largest absolute Gasteiger partial charge is 0.396 e. The molecule has 0 aromatic heterocycles. The molecule has 0 bridgehead atoms. The minimum atomic E-state index is -0.835. The van der Waals surface area contributed by atoms with Gasteiger partial charge in [-0.3, -0.25) is 4.79 Å². The van der Waals surface area contributed by atoms with E-state index in [0.717, 1.165) is 57.8 Å². The second-order valence-electron chi connectivity index (χ2n) is 7.98. The first kappa shape index (κ1) is 23.8. The molecule has 3 nitrogen and oxygen atoms in total. The van der Waals surface area contributed by atoms with Gasteiger partial charge in [0.25, 0.3) is 0 Å². The maximum atomic E-state index is 12.2. The number of unbranched alkanes of at least 4 members (excludes halogenated alkanes) is 7. The van der Waals surface area contributed by atoms with Gasteiger partial charge in [0, 0.05) is 18.4 Å². The van der Waals surface area contributed by atoms with Crippen molar-refractivity contribution in [2.45, 2.75) is 89.6 Å². The number of hydrogen-bond acceptors (Lipinski definition) is 3. The van der Waals surface area contributed by atoms with Crippen LogP contribution < -0.4 is 0 Å². The quantitative estimate of drug-likeness (QED) is 0.275. The Morgan fingerprint density at radius 3 is 2.52 bits per heavy atom. The lowest BCUT2D eigenvalue weighted by atomic mass is 9.87. The second-order valence-corrected chi connectivity index (χ2v) is 7.98. The van der Waals surface area contributed by atoms with E-state index in [-0.39, 0.29) is 24.2 Å². The highest BCUT2D eigenvalue weighted by Crippen LogP contribution is 2.30. The number of hydrogen-bond donors (Lipinski definition) is 2. The Kier molecular flexibility index (Phi) is 12.3. The predicted molar refractivity (Wildman–Crippen MR) is 114 cm³/mol. The van der Waals surface area contributed by atoms with Crippen LogP contribution in [0.15, 0.2) is 37.0 Å². The number of aliphatic hydroxyl groups excluding tert-OH is 1. The Hall–Kier alpha value is -1.19. The van der Waals surface area contributed by atoms with Crippen LogP contribution in [0.4, 0.5) is 0 Å². The molecule has 0 aromatic rings. The lowest BCUT2D eigenvalue weighted by Gasteiger charge is -2.23. The highest BCUT2D eigenvalue weighted by atomic mass is 16.3. The van der Waals surface area contributed by atoms with E-state index in [0.29, 0.717) is 6.42 Å². The molecule has 1 aliphatic carbocycles. The summed E-state index contributed by atoms with van der Waals surface area (Å²) >= 11 is 0. The zero-order valence-electron chi connectivity index (χ0n) is 17.2. The van der Waals surface area contributed by atoms with Gasteiger partial charge in [0.2, 0.25) is 0 Å². The van der Waals surface area contributed by atoms with Crippen molar-refractivity contribution < 1.29 is 15.0 Å². The molecule has 0 saturated heterocycles.